The van der Waals surface area contributed by atoms with Crippen LogP contribution < -0.4 is 10.6 Å². The van der Waals surface area contributed by atoms with Crippen LogP contribution in [0.3, 0.4) is 0 Å². The molecule has 0 fully saturated rings. The van der Waals surface area contributed by atoms with Gasteiger partial charge in [-0.2, -0.15) is 0 Å². The highest BCUT2D eigenvalue weighted by atomic mass is 79.9. The van der Waals surface area contributed by atoms with Crippen molar-refractivity contribution in [3.63, 3.8) is 0 Å². The molecule has 0 saturated heterocycles. The third-order valence-corrected chi connectivity index (χ3v) is 3.56. The second-order valence-corrected chi connectivity index (χ2v) is 5.99. The molecular weight excluding hydrogens is 336 g/mol. The van der Waals surface area contributed by atoms with Crippen LogP contribution >= 0.6 is 15.9 Å². The number of hydrogen-bond donors (Lipinski definition) is 2. The zero-order valence-corrected chi connectivity index (χ0v) is 13.7. The molecule has 0 radical (unpaired) electrons. The van der Waals surface area contributed by atoms with E-state index in [1.54, 1.807) is 20.8 Å². The number of amides is 2. The van der Waals surface area contributed by atoms with Gasteiger partial charge in [0.2, 0.25) is 0 Å². The fourth-order valence-electron chi connectivity index (χ4n) is 2.15. The second kappa shape index (κ2) is 6.30. The van der Waals surface area contributed by atoms with Crippen LogP contribution in [0.4, 0.5) is 4.79 Å². The largest absolute Gasteiger partial charge is 0.459 e. The summed E-state index contributed by atoms with van der Waals surface area (Å²) in [5, 5.41) is 5.38. The molecule has 2 amide bonds. The smallest absolute Gasteiger partial charge is 0.338 e. The fraction of sp³-hybridized carbons (Fsp3) is 0.333. The maximum atomic E-state index is 12.3. The number of carbonyl (C=O) groups is 2. The summed E-state index contributed by atoms with van der Waals surface area (Å²) in [6.45, 7) is 5.27. The van der Waals surface area contributed by atoms with Crippen molar-refractivity contribution in [2.24, 2.45) is 0 Å². The molecule has 0 aliphatic carbocycles. The van der Waals surface area contributed by atoms with Crippen molar-refractivity contribution in [2.45, 2.75) is 32.9 Å². The third-order valence-electron chi connectivity index (χ3n) is 3.04. The molecule has 1 aliphatic heterocycles. The summed E-state index contributed by atoms with van der Waals surface area (Å²) >= 11 is 3.37. The fourth-order valence-corrected chi connectivity index (χ4v) is 2.41. The summed E-state index contributed by atoms with van der Waals surface area (Å²) in [7, 11) is 0. The summed E-state index contributed by atoms with van der Waals surface area (Å²) in [4.78, 5) is 24.0. The topological polar surface area (TPSA) is 67.4 Å². The maximum absolute atomic E-state index is 12.3. The van der Waals surface area contributed by atoms with Crippen molar-refractivity contribution >= 4 is 27.9 Å². The van der Waals surface area contributed by atoms with E-state index in [2.05, 4.69) is 26.6 Å². The zero-order valence-electron chi connectivity index (χ0n) is 12.1. The number of carbonyl (C=O) groups excluding carboxylic acids is 2. The van der Waals surface area contributed by atoms with Gasteiger partial charge in [0, 0.05) is 10.2 Å². The van der Waals surface area contributed by atoms with E-state index in [9.17, 15) is 9.59 Å². The van der Waals surface area contributed by atoms with Crippen LogP contribution in [0.2, 0.25) is 0 Å². The van der Waals surface area contributed by atoms with Gasteiger partial charge in [-0.25, -0.2) is 9.59 Å². The van der Waals surface area contributed by atoms with Crippen LogP contribution in [-0.2, 0) is 9.53 Å². The van der Waals surface area contributed by atoms with Gasteiger partial charge in [0.25, 0.3) is 0 Å². The van der Waals surface area contributed by atoms with Gasteiger partial charge >= 0.3 is 12.0 Å². The lowest BCUT2D eigenvalue weighted by molar-refractivity contribution is -0.143. The predicted octanol–water partition coefficient (Wildman–Crippen LogP) is 3.03. The molecule has 1 aliphatic rings. The highest BCUT2D eigenvalue weighted by molar-refractivity contribution is 9.10. The molecule has 6 heteroatoms. The van der Waals surface area contributed by atoms with Crippen molar-refractivity contribution in [3.05, 3.63) is 45.6 Å². The van der Waals surface area contributed by atoms with Crippen LogP contribution in [0.15, 0.2) is 40.0 Å². The Morgan fingerprint density at radius 2 is 1.90 bits per heavy atom. The number of esters is 1. The summed E-state index contributed by atoms with van der Waals surface area (Å²) in [5.41, 5.74) is 1.76. The number of rotatable bonds is 3. The van der Waals surface area contributed by atoms with Crippen molar-refractivity contribution in [2.75, 3.05) is 0 Å². The third kappa shape index (κ3) is 3.64. The van der Waals surface area contributed by atoms with Crippen LogP contribution in [0.25, 0.3) is 0 Å². The van der Waals surface area contributed by atoms with E-state index < -0.39 is 12.0 Å². The number of allylic oxidation sites excluding steroid dienone is 1. The quantitative estimate of drug-likeness (QED) is 0.821. The summed E-state index contributed by atoms with van der Waals surface area (Å²) in [6, 6.07) is 6.60. The van der Waals surface area contributed by atoms with E-state index in [1.807, 2.05) is 24.3 Å². The van der Waals surface area contributed by atoms with E-state index in [0.717, 1.165) is 10.0 Å². The van der Waals surface area contributed by atoms with Gasteiger partial charge in [0.05, 0.1) is 17.7 Å². The highest BCUT2D eigenvalue weighted by Gasteiger charge is 2.32. The molecule has 1 heterocycles. The number of nitrogens with one attached hydrogen (secondary N) is 2. The molecule has 1 aromatic rings. The molecule has 0 saturated carbocycles. The second-order valence-electron chi connectivity index (χ2n) is 5.08. The summed E-state index contributed by atoms with van der Waals surface area (Å²) in [5.74, 6) is -0.428. The summed E-state index contributed by atoms with van der Waals surface area (Å²) < 4.78 is 6.20. The van der Waals surface area contributed by atoms with E-state index in [-0.39, 0.29) is 12.1 Å². The van der Waals surface area contributed by atoms with Gasteiger partial charge in [-0.05, 0) is 38.5 Å². The molecule has 0 spiro atoms. The molecule has 2 rings (SSSR count). The Morgan fingerprint density at radius 3 is 2.48 bits per heavy atom. The Hall–Kier alpha value is -1.82. The van der Waals surface area contributed by atoms with Crippen LogP contribution in [0.1, 0.15) is 32.4 Å². The van der Waals surface area contributed by atoms with Gasteiger partial charge in [0.1, 0.15) is 0 Å². The first-order chi connectivity index (χ1) is 9.88. The predicted molar refractivity (Wildman–Crippen MR) is 82.5 cm³/mol. The molecule has 1 atom stereocenters. The SMILES string of the molecule is CC1=C(C(=O)OC(C)C)C(c2ccc(Br)cc2)NC(=O)N1. The lowest BCUT2D eigenvalue weighted by Gasteiger charge is -2.28. The molecule has 0 bridgehead atoms. The Balaban J connectivity index is 2.40. The minimum atomic E-state index is -0.516. The van der Waals surface area contributed by atoms with Crippen molar-refractivity contribution in [1.82, 2.24) is 10.6 Å². The first-order valence-electron chi connectivity index (χ1n) is 6.63. The molecule has 112 valence electrons. The normalized spacial score (nSPS) is 18.3. The Morgan fingerprint density at radius 1 is 1.29 bits per heavy atom. The number of urea groups is 1. The van der Waals surface area contributed by atoms with Gasteiger partial charge in [0.15, 0.2) is 0 Å². The van der Waals surface area contributed by atoms with Crippen molar-refractivity contribution in [3.8, 4) is 0 Å². The molecule has 5 nitrogen and oxygen atoms in total. The maximum Gasteiger partial charge on any atom is 0.338 e. The molecular formula is C15H17BrN2O3. The Kier molecular flexibility index (Phi) is 4.67. The van der Waals surface area contributed by atoms with Gasteiger partial charge in [-0.3, -0.25) is 0 Å². The Bertz CT molecular complexity index is 593. The van der Waals surface area contributed by atoms with Gasteiger partial charge in [-0.1, -0.05) is 28.1 Å². The monoisotopic (exact) mass is 352 g/mol. The Labute approximate surface area is 131 Å². The summed E-state index contributed by atoms with van der Waals surface area (Å²) in [6.07, 6.45) is -0.221. The van der Waals surface area contributed by atoms with E-state index >= 15 is 0 Å². The lowest BCUT2D eigenvalue weighted by Crippen LogP contribution is -2.45. The van der Waals surface area contributed by atoms with Crippen LogP contribution in [0, 0.1) is 0 Å². The first-order valence-corrected chi connectivity index (χ1v) is 7.42. The van der Waals surface area contributed by atoms with Gasteiger partial charge < -0.3 is 15.4 Å². The average Bonchev–Trinajstić information content (AvgIpc) is 2.37. The van der Waals surface area contributed by atoms with E-state index in [1.165, 1.54) is 0 Å². The standard InChI is InChI=1S/C15H17BrN2O3/c1-8(2)21-14(19)12-9(3)17-15(20)18-13(12)10-4-6-11(16)7-5-10/h4-8,13H,1-3H3,(H2,17,18,20). The molecule has 21 heavy (non-hydrogen) atoms. The minimum Gasteiger partial charge on any atom is -0.459 e. The van der Waals surface area contributed by atoms with E-state index in [4.69, 9.17) is 4.74 Å². The lowest BCUT2D eigenvalue weighted by atomic mass is 9.95. The number of benzene rings is 1. The van der Waals surface area contributed by atoms with E-state index in [0.29, 0.717) is 11.3 Å². The number of hydrogen-bond acceptors (Lipinski definition) is 3. The van der Waals surface area contributed by atoms with Crippen LogP contribution in [0.5, 0.6) is 0 Å². The number of halogens is 1. The molecule has 1 unspecified atom stereocenters. The minimum absolute atomic E-state index is 0.221. The zero-order chi connectivity index (χ0) is 15.6. The first kappa shape index (κ1) is 15.6. The van der Waals surface area contributed by atoms with Crippen molar-refractivity contribution < 1.29 is 14.3 Å². The molecule has 0 aromatic heterocycles. The van der Waals surface area contributed by atoms with Crippen molar-refractivity contribution in [1.29, 1.82) is 0 Å². The molecule has 2 N–H and O–H groups in total. The average molecular weight is 353 g/mol. The molecule has 1 aromatic carbocycles. The van der Waals surface area contributed by atoms with Crippen LogP contribution in [-0.4, -0.2) is 18.1 Å². The van der Waals surface area contributed by atoms with Gasteiger partial charge in [-0.15, -0.1) is 0 Å². The number of ether oxygens (including phenoxy) is 1. The highest BCUT2D eigenvalue weighted by Crippen LogP contribution is 2.28.